The lowest BCUT2D eigenvalue weighted by molar-refractivity contribution is 0.0698. The molecule has 7 heteroatoms. The molecule has 0 fully saturated rings. The number of aromatic nitrogens is 1. The summed E-state index contributed by atoms with van der Waals surface area (Å²) in [5, 5.41) is 13.4. The van der Waals surface area contributed by atoms with Crippen LogP contribution in [-0.4, -0.2) is 35.3 Å². The fraction of sp³-hybridized carbons (Fsp3) is 0.154. The summed E-state index contributed by atoms with van der Waals surface area (Å²) < 4.78 is 4.59. The van der Waals surface area contributed by atoms with E-state index >= 15 is 0 Å². The Kier molecular flexibility index (Phi) is 3.99. The van der Waals surface area contributed by atoms with Crippen LogP contribution in [0.3, 0.4) is 0 Å². The van der Waals surface area contributed by atoms with Crippen molar-refractivity contribution in [3.63, 3.8) is 0 Å². The number of benzene rings is 1. The van der Waals surface area contributed by atoms with Gasteiger partial charge < -0.3 is 20.9 Å². The molecule has 0 bridgehead atoms. The Balaban J connectivity index is 2.24. The van der Waals surface area contributed by atoms with E-state index in [-0.39, 0.29) is 12.2 Å². The number of primary amides is 1. The van der Waals surface area contributed by atoms with E-state index in [1.807, 2.05) is 0 Å². The third-order valence-corrected chi connectivity index (χ3v) is 2.66. The van der Waals surface area contributed by atoms with Gasteiger partial charge in [-0.1, -0.05) is 24.3 Å². The third-order valence-electron chi connectivity index (χ3n) is 2.66. The lowest BCUT2D eigenvalue weighted by Gasteiger charge is -2.10. The first-order valence-electron chi connectivity index (χ1n) is 5.86. The maximum Gasteiger partial charge on any atom is 0.404 e. The zero-order valence-electron chi connectivity index (χ0n) is 10.5. The van der Waals surface area contributed by atoms with Crippen LogP contribution in [0.2, 0.25) is 0 Å². The topological polar surface area (TPSA) is 115 Å². The number of carboxylic acid groups (broad SMARTS) is 1. The van der Waals surface area contributed by atoms with E-state index in [1.165, 1.54) is 6.20 Å². The molecule has 0 aliphatic heterocycles. The highest BCUT2D eigenvalue weighted by Gasteiger charge is 2.11. The number of amides is 1. The summed E-state index contributed by atoms with van der Waals surface area (Å²) in [4.78, 5) is 25.6. The number of ether oxygens (including phenoxy) is 1. The van der Waals surface area contributed by atoms with Crippen LogP contribution in [0.15, 0.2) is 30.5 Å². The van der Waals surface area contributed by atoms with Crippen molar-refractivity contribution in [1.29, 1.82) is 0 Å². The molecule has 0 atom stereocenters. The van der Waals surface area contributed by atoms with Crippen LogP contribution >= 0.6 is 0 Å². The zero-order chi connectivity index (χ0) is 14.5. The number of carbonyl (C=O) groups is 2. The monoisotopic (exact) mass is 275 g/mol. The Morgan fingerprint density at radius 2 is 2.00 bits per heavy atom. The Bertz CT molecular complexity index is 657. The van der Waals surface area contributed by atoms with E-state index in [0.717, 1.165) is 0 Å². The molecule has 0 spiro atoms. The smallest absolute Gasteiger partial charge is 0.404 e. The molecule has 0 saturated heterocycles. The molecule has 0 aliphatic rings. The van der Waals surface area contributed by atoms with Gasteiger partial charge in [0.2, 0.25) is 0 Å². The second-order valence-electron chi connectivity index (χ2n) is 3.97. The molecule has 4 N–H and O–H groups in total. The van der Waals surface area contributed by atoms with Crippen LogP contribution in [0.5, 0.6) is 0 Å². The number of hydrogen-bond donors (Lipinski definition) is 3. The van der Waals surface area contributed by atoms with Crippen LogP contribution in [0, 0.1) is 0 Å². The molecular weight excluding hydrogens is 262 g/mol. The summed E-state index contributed by atoms with van der Waals surface area (Å²) in [5.41, 5.74) is 4.98. The molecule has 0 aliphatic carbocycles. The fourth-order valence-corrected chi connectivity index (χ4v) is 1.83. The van der Waals surface area contributed by atoms with Gasteiger partial charge in [0, 0.05) is 17.0 Å². The minimum Gasteiger partial charge on any atom is -0.478 e. The first kappa shape index (κ1) is 13.6. The predicted octanol–water partition coefficient (Wildman–Crippen LogP) is 1.44. The van der Waals surface area contributed by atoms with Gasteiger partial charge in [-0.15, -0.1) is 0 Å². The first-order chi connectivity index (χ1) is 9.59. The summed E-state index contributed by atoms with van der Waals surface area (Å²) in [5.74, 6) is -0.504. The lowest BCUT2D eigenvalue weighted by atomic mass is 10.1. The molecule has 1 heterocycles. The summed E-state index contributed by atoms with van der Waals surface area (Å²) in [6.45, 7) is 0.429. The second kappa shape index (κ2) is 5.87. The standard InChI is InChI=1S/C13H13N3O4/c14-13(19)20-6-5-15-11-9-4-2-1-3-8(9)10(7-16-11)12(17)18/h1-4,7H,5-6H2,(H2,14,19)(H,15,16)(H,17,18). The largest absolute Gasteiger partial charge is 0.478 e. The highest BCUT2D eigenvalue weighted by Crippen LogP contribution is 2.24. The number of carboxylic acids is 1. The lowest BCUT2D eigenvalue weighted by Crippen LogP contribution is -2.18. The number of aromatic carboxylic acids is 1. The van der Waals surface area contributed by atoms with Gasteiger partial charge in [-0.05, 0) is 0 Å². The number of fused-ring (bicyclic) bond motifs is 1. The van der Waals surface area contributed by atoms with Gasteiger partial charge in [0.1, 0.15) is 12.4 Å². The Hall–Kier alpha value is -2.83. The highest BCUT2D eigenvalue weighted by atomic mass is 16.5. The van der Waals surface area contributed by atoms with Gasteiger partial charge in [-0.3, -0.25) is 0 Å². The van der Waals surface area contributed by atoms with Gasteiger partial charge in [-0.2, -0.15) is 0 Å². The molecule has 0 unspecified atom stereocenters. The number of rotatable bonds is 5. The van der Waals surface area contributed by atoms with Crippen molar-refractivity contribution in [2.24, 2.45) is 5.73 Å². The Morgan fingerprint density at radius 1 is 1.30 bits per heavy atom. The molecule has 104 valence electrons. The van der Waals surface area contributed by atoms with Crippen molar-refractivity contribution in [1.82, 2.24) is 4.98 Å². The molecule has 7 nitrogen and oxygen atoms in total. The molecule has 0 saturated carbocycles. The maximum atomic E-state index is 11.1. The molecule has 0 radical (unpaired) electrons. The van der Waals surface area contributed by atoms with Crippen LogP contribution in [0.1, 0.15) is 10.4 Å². The number of pyridine rings is 1. The van der Waals surface area contributed by atoms with Crippen molar-refractivity contribution in [2.75, 3.05) is 18.5 Å². The number of carbonyl (C=O) groups excluding carboxylic acids is 1. The number of nitrogens with zero attached hydrogens (tertiary/aromatic N) is 1. The van der Waals surface area contributed by atoms with Crippen LogP contribution in [0.4, 0.5) is 10.6 Å². The minimum atomic E-state index is -1.03. The second-order valence-corrected chi connectivity index (χ2v) is 3.97. The molecular formula is C13H13N3O4. The van der Waals surface area contributed by atoms with E-state index in [9.17, 15) is 9.59 Å². The van der Waals surface area contributed by atoms with Crippen molar-refractivity contribution >= 4 is 28.7 Å². The van der Waals surface area contributed by atoms with E-state index in [1.54, 1.807) is 24.3 Å². The van der Waals surface area contributed by atoms with Gasteiger partial charge in [0.15, 0.2) is 0 Å². The summed E-state index contributed by atoms with van der Waals surface area (Å²) in [6, 6.07) is 7.03. The molecule has 2 aromatic rings. The van der Waals surface area contributed by atoms with E-state index in [0.29, 0.717) is 23.1 Å². The molecule has 1 aromatic heterocycles. The molecule has 1 aromatic carbocycles. The van der Waals surface area contributed by atoms with E-state index in [4.69, 9.17) is 10.8 Å². The minimum absolute atomic E-state index is 0.103. The van der Waals surface area contributed by atoms with E-state index < -0.39 is 12.1 Å². The average molecular weight is 275 g/mol. The predicted molar refractivity (Wildman–Crippen MR) is 72.7 cm³/mol. The molecule has 20 heavy (non-hydrogen) atoms. The Labute approximate surface area is 114 Å². The SMILES string of the molecule is NC(=O)OCCNc1ncc(C(=O)O)c2ccccc12. The summed E-state index contributed by atoms with van der Waals surface area (Å²) in [6.07, 6.45) is 0.452. The van der Waals surface area contributed by atoms with Crippen LogP contribution in [-0.2, 0) is 4.74 Å². The van der Waals surface area contributed by atoms with Crippen molar-refractivity contribution in [3.8, 4) is 0 Å². The quantitative estimate of drug-likeness (QED) is 0.711. The van der Waals surface area contributed by atoms with Crippen LogP contribution in [0.25, 0.3) is 10.8 Å². The van der Waals surface area contributed by atoms with Crippen molar-refractivity contribution in [2.45, 2.75) is 0 Å². The molecule has 2 rings (SSSR count). The van der Waals surface area contributed by atoms with Crippen molar-refractivity contribution < 1.29 is 19.4 Å². The zero-order valence-corrected chi connectivity index (χ0v) is 10.5. The van der Waals surface area contributed by atoms with Gasteiger partial charge in [0.05, 0.1) is 12.1 Å². The number of hydrogen-bond acceptors (Lipinski definition) is 5. The number of nitrogens with two attached hydrogens (primary N) is 1. The number of anilines is 1. The summed E-state index contributed by atoms with van der Waals surface area (Å²) >= 11 is 0. The van der Waals surface area contributed by atoms with Crippen molar-refractivity contribution in [3.05, 3.63) is 36.0 Å². The van der Waals surface area contributed by atoms with Gasteiger partial charge in [-0.25, -0.2) is 14.6 Å². The Morgan fingerprint density at radius 3 is 2.65 bits per heavy atom. The summed E-state index contributed by atoms with van der Waals surface area (Å²) in [7, 11) is 0. The average Bonchev–Trinajstić information content (AvgIpc) is 2.43. The fourth-order valence-electron chi connectivity index (χ4n) is 1.83. The number of nitrogens with one attached hydrogen (secondary N) is 1. The van der Waals surface area contributed by atoms with Crippen LogP contribution < -0.4 is 11.1 Å². The highest BCUT2D eigenvalue weighted by molar-refractivity contribution is 6.06. The van der Waals surface area contributed by atoms with E-state index in [2.05, 4.69) is 15.0 Å². The van der Waals surface area contributed by atoms with Gasteiger partial charge >= 0.3 is 12.1 Å². The third kappa shape index (κ3) is 2.94. The first-order valence-corrected chi connectivity index (χ1v) is 5.86. The normalized spacial score (nSPS) is 10.2. The molecule has 1 amide bonds. The maximum absolute atomic E-state index is 11.1. The van der Waals surface area contributed by atoms with Gasteiger partial charge in [0.25, 0.3) is 0 Å².